The van der Waals surface area contributed by atoms with Gasteiger partial charge in [0.2, 0.25) is 5.91 Å². The second-order valence-electron chi connectivity index (χ2n) is 4.83. The standard InChI is InChI=1S/C14H20N2O2/c1-3-11-6-4-9-15-13(11)16-12(17)10-14(18-2)7-5-8-14/h4,6,9H,3,5,7-8,10H2,1-2H3,(H,15,16,17). The summed E-state index contributed by atoms with van der Waals surface area (Å²) in [5.74, 6) is 0.667. The van der Waals surface area contributed by atoms with E-state index in [1.807, 2.05) is 12.1 Å². The van der Waals surface area contributed by atoms with Gasteiger partial charge in [-0.05, 0) is 37.3 Å². The first-order chi connectivity index (χ1) is 8.69. The summed E-state index contributed by atoms with van der Waals surface area (Å²) in [6, 6.07) is 3.87. The Morgan fingerprint density at radius 2 is 2.33 bits per heavy atom. The van der Waals surface area contributed by atoms with Crippen molar-refractivity contribution >= 4 is 11.7 Å². The molecule has 0 bridgehead atoms. The third kappa shape index (κ3) is 2.70. The summed E-state index contributed by atoms with van der Waals surface area (Å²) < 4.78 is 5.46. The first kappa shape index (κ1) is 13.0. The summed E-state index contributed by atoms with van der Waals surface area (Å²) in [6.45, 7) is 2.05. The van der Waals surface area contributed by atoms with Crippen LogP contribution in [0.2, 0.25) is 0 Å². The van der Waals surface area contributed by atoms with Gasteiger partial charge < -0.3 is 10.1 Å². The fourth-order valence-electron chi connectivity index (χ4n) is 2.33. The van der Waals surface area contributed by atoms with Gasteiger partial charge in [-0.2, -0.15) is 0 Å². The van der Waals surface area contributed by atoms with Crippen molar-refractivity contribution in [3.63, 3.8) is 0 Å². The van der Waals surface area contributed by atoms with Crippen LogP contribution in [0.25, 0.3) is 0 Å². The lowest BCUT2D eigenvalue weighted by Gasteiger charge is -2.39. The van der Waals surface area contributed by atoms with Crippen molar-refractivity contribution in [2.24, 2.45) is 0 Å². The van der Waals surface area contributed by atoms with Crippen LogP contribution >= 0.6 is 0 Å². The van der Waals surface area contributed by atoms with Crippen LogP contribution in [0.5, 0.6) is 0 Å². The van der Waals surface area contributed by atoms with E-state index >= 15 is 0 Å². The minimum atomic E-state index is -0.231. The molecule has 1 aromatic rings. The molecule has 4 nitrogen and oxygen atoms in total. The van der Waals surface area contributed by atoms with Crippen LogP contribution in [0, 0.1) is 0 Å². The first-order valence-corrected chi connectivity index (χ1v) is 6.48. The van der Waals surface area contributed by atoms with Crippen molar-refractivity contribution in [3.8, 4) is 0 Å². The number of carbonyl (C=O) groups is 1. The highest BCUT2D eigenvalue weighted by Crippen LogP contribution is 2.38. The number of hydrogen-bond donors (Lipinski definition) is 1. The predicted molar refractivity (Wildman–Crippen MR) is 70.5 cm³/mol. The van der Waals surface area contributed by atoms with Gasteiger partial charge in [-0.3, -0.25) is 4.79 Å². The van der Waals surface area contributed by atoms with Crippen LogP contribution in [-0.2, 0) is 16.0 Å². The lowest BCUT2D eigenvalue weighted by molar-refractivity contribution is -0.129. The van der Waals surface area contributed by atoms with Gasteiger partial charge in [0.15, 0.2) is 0 Å². The molecule has 1 aliphatic rings. The van der Waals surface area contributed by atoms with E-state index in [9.17, 15) is 4.79 Å². The van der Waals surface area contributed by atoms with E-state index in [0.717, 1.165) is 31.2 Å². The smallest absolute Gasteiger partial charge is 0.228 e. The molecule has 0 atom stereocenters. The van der Waals surface area contributed by atoms with Crippen LogP contribution in [0.4, 0.5) is 5.82 Å². The Morgan fingerprint density at radius 3 is 2.89 bits per heavy atom. The number of amides is 1. The normalized spacial score (nSPS) is 17.0. The minimum absolute atomic E-state index is 0.00931. The maximum Gasteiger partial charge on any atom is 0.228 e. The number of methoxy groups -OCH3 is 1. The number of rotatable bonds is 5. The second kappa shape index (κ2) is 5.48. The zero-order valence-corrected chi connectivity index (χ0v) is 11.0. The average molecular weight is 248 g/mol. The van der Waals surface area contributed by atoms with Crippen molar-refractivity contribution in [2.45, 2.75) is 44.6 Å². The third-order valence-electron chi connectivity index (χ3n) is 3.71. The molecule has 0 aliphatic heterocycles. The van der Waals surface area contributed by atoms with E-state index < -0.39 is 0 Å². The maximum absolute atomic E-state index is 12.0. The van der Waals surface area contributed by atoms with Crippen LogP contribution in [0.1, 0.15) is 38.2 Å². The maximum atomic E-state index is 12.0. The van der Waals surface area contributed by atoms with Crippen molar-refractivity contribution in [2.75, 3.05) is 12.4 Å². The molecule has 0 aromatic carbocycles. The van der Waals surface area contributed by atoms with Gasteiger partial charge in [0.25, 0.3) is 0 Å². The Morgan fingerprint density at radius 1 is 1.56 bits per heavy atom. The Labute approximate surface area is 108 Å². The van der Waals surface area contributed by atoms with Gasteiger partial charge in [-0.15, -0.1) is 0 Å². The number of aromatic nitrogens is 1. The second-order valence-corrected chi connectivity index (χ2v) is 4.83. The predicted octanol–water partition coefficient (Wildman–Crippen LogP) is 2.54. The highest BCUT2D eigenvalue weighted by atomic mass is 16.5. The van der Waals surface area contributed by atoms with Crippen LogP contribution < -0.4 is 5.32 Å². The fraction of sp³-hybridized carbons (Fsp3) is 0.571. The summed E-state index contributed by atoms with van der Waals surface area (Å²) in [7, 11) is 1.69. The van der Waals surface area contributed by atoms with Crippen molar-refractivity contribution in [3.05, 3.63) is 23.9 Å². The van der Waals surface area contributed by atoms with Gasteiger partial charge in [0.1, 0.15) is 5.82 Å². The van der Waals surface area contributed by atoms with Crippen molar-refractivity contribution < 1.29 is 9.53 Å². The fourth-order valence-corrected chi connectivity index (χ4v) is 2.33. The van der Waals surface area contributed by atoms with Crippen LogP contribution in [0.3, 0.4) is 0 Å². The number of anilines is 1. The molecule has 98 valence electrons. The van der Waals surface area contributed by atoms with Gasteiger partial charge >= 0.3 is 0 Å². The average Bonchev–Trinajstić information content (AvgIpc) is 2.34. The summed E-state index contributed by atoms with van der Waals surface area (Å²) in [5, 5.41) is 2.89. The Balaban J connectivity index is 1.98. The van der Waals surface area contributed by atoms with Gasteiger partial charge in [-0.1, -0.05) is 13.0 Å². The molecule has 1 fully saturated rings. The lowest BCUT2D eigenvalue weighted by Crippen LogP contribution is -2.42. The number of hydrogen-bond acceptors (Lipinski definition) is 3. The zero-order chi connectivity index (χ0) is 13.0. The number of ether oxygens (including phenoxy) is 1. The van der Waals surface area contributed by atoms with E-state index in [4.69, 9.17) is 4.74 Å². The molecule has 1 aromatic heterocycles. The van der Waals surface area contributed by atoms with Crippen molar-refractivity contribution in [1.29, 1.82) is 0 Å². The monoisotopic (exact) mass is 248 g/mol. The molecular formula is C14H20N2O2. The molecule has 4 heteroatoms. The third-order valence-corrected chi connectivity index (χ3v) is 3.71. The Hall–Kier alpha value is -1.42. The molecule has 1 saturated carbocycles. The van der Waals surface area contributed by atoms with Gasteiger partial charge in [-0.25, -0.2) is 4.98 Å². The van der Waals surface area contributed by atoms with E-state index in [-0.39, 0.29) is 11.5 Å². The number of nitrogens with zero attached hydrogens (tertiary/aromatic N) is 1. The van der Waals surface area contributed by atoms with E-state index in [0.29, 0.717) is 12.2 Å². The molecule has 1 amide bonds. The molecule has 0 saturated heterocycles. The summed E-state index contributed by atoms with van der Waals surface area (Å²) in [6.07, 6.45) is 6.07. The summed E-state index contributed by atoms with van der Waals surface area (Å²) in [5.41, 5.74) is 0.830. The van der Waals surface area contributed by atoms with E-state index in [2.05, 4.69) is 17.2 Å². The SMILES string of the molecule is CCc1cccnc1NC(=O)CC1(OC)CCC1. The number of nitrogens with one attached hydrogen (secondary N) is 1. The molecule has 1 N–H and O–H groups in total. The van der Waals surface area contributed by atoms with Gasteiger partial charge in [0.05, 0.1) is 12.0 Å². The molecule has 0 spiro atoms. The van der Waals surface area contributed by atoms with Crippen LogP contribution in [0.15, 0.2) is 18.3 Å². The molecule has 18 heavy (non-hydrogen) atoms. The Bertz CT molecular complexity index is 422. The summed E-state index contributed by atoms with van der Waals surface area (Å²) in [4.78, 5) is 16.2. The molecule has 2 rings (SSSR count). The number of aryl methyl sites for hydroxylation is 1. The van der Waals surface area contributed by atoms with Crippen LogP contribution in [-0.4, -0.2) is 23.6 Å². The summed E-state index contributed by atoms with van der Waals surface area (Å²) >= 11 is 0. The quantitative estimate of drug-likeness (QED) is 0.871. The number of carbonyl (C=O) groups excluding carboxylic acids is 1. The van der Waals surface area contributed by atoms with Gasteiger partial charge in [0, 0.05) is 13.3 Å². The minimum Gasteiger partial charge on any atom is -0.378 e. The molecule has 1 heterocycles. The molecule has 0 unspecified atom stereocenters. The van der Waals surface area contributed by atoms with E-state index in [1.165, 1.54) is 0 Å². The molecule has 1 aliphatic carbocycles. The Kier molecular flexibility index (Phi) is 3.97. The lowest BCUT2D eigenvalue weighted by atomic mass is 9.77. The highest BCUT2D eigenvalue weighted by Gasteiger charge is 2.39. The van der Waals surface area contributed by atoms with Crippen molar-refractivity contribution in [1.82, 2.24) is 4.98 Å². The topological polar surface area (TPSA) is 51.2 Å². The highest BCUT2D eigenvalue weighted by molar-refractivity contribution is 5.91. The number of pyridine rings is 1. The zero-order valence-electron chi connectivity index (χ0n) is 11.0. The molecule has 0 radical (unpaired) electrons. The van der Waals surface area contributed by atoms with E-state index in [1.54, 1.807) is 13.3 Å². The first-order valence-electron chi connectivity index (χ1n) is 6.48. The molecular weight excluding hydrogens is 228 g/mol. The largest absolute Gasteiger partial charge is 0.378 e.